The van der Waals surface area contributed by atoms with Gasteiger partial charge in [0.05, 0.1) is 5.69 Å². The minimum Gasteiger partial charge on any atom is -0.481 e. The molecule has 32 heavy (non-hydrogen) atoms. The first-order chi connectivity index (χ1) is 15.2. The van der Waals surface area contributed by atoms with Gasteiger partial charge in [0.1, 0.15) is 11.8 Å². The van der Waals surface area contributed by atoms with E-state index >= 15 is 0 Å². The summed E-state index contributed by atoms with van der Waals surface area (Å²) in [6.07, 6.45) is 4.35. The second-order valence-corrected chi connectivity index (χ2v) is 9.45. The number of nitrogens with zero attached hydrogens (tertiary/aromatic N) is 2. The first-order valence-electron chi connectivity index (χ1n) is 11.2. The number of carboxylic acids is 1. The molecule has 0 bridgehead atoms. The lowest BCUT2D eigenvalue weighted by Gasteiger charge is -2.30. The van der Waals surface area contributed by atoms with E-state index in [-0.39, 0.29) is 37.9 Å². The molecule has 178 valence electrons. The SMILES string of the molecule is CCCN(C)[C@H]1CCc2nc(NC(=O)[C@H](CCC(C)=O)NC(=O)CCCC(=O)O)sc2C1. The number of hydrogen-bond acceptors (Lipinski definition) is 7. The zero-order valence-corrected chi connectivity index (χ0v) is 19.9. The van der Waals surface area contributed by atoms with E-state index in [1.807, 2.05) is 0 Å². The van der Waals surface area contributed by atoms with Crippen LogP contribution >= 0.6 is 11.3 Å². The van der Waals surface area contributed by atoms with Gasteiger partial charge in [0.15, 0.2) is 5.13 Å². The van der Waals surface area contributed by atoms with Crippen molar-refractivity contribution >= 4 is 40.0 Å². The first kappa shape index (κ1) is 25.9. The molecule has 0 fully saturated rings. The van der Waals surface area contributed by atoms with Gasteiger partial charge in [0.2, 0.25) is 11.8 Å². The summed E-state index contributed by atoms with van der Waals surface area (Å²) < 4.78 is 0. The van der Waals surface area contributed by atoms with Crippen molar-refractivity contribution in [3.8, 4) is 0 Å². The quantitative estimate of drug-likeness (QED) is 0.407. The Bertz CT molecular complexity index is 825. The van der Waals surface area contributed by atoms with Gasteiger partial charge in [0.25, 0.3) is 0 Å². The van der Waals surface area contributed by atoms with Gasteiger partial charge < -0.3 is 25.4 Å². The third-order valence-corrected chi connectivity index (χ3v) is 6.61. The minimum atomic E-state index is -0.973. The molecule has 1 heterocycles. The molecule has 1 aliphatic rings. The molecule has 3 N–H and O–H groups in total. The molecule has 0 aromatic carbocycles. The highest BCUT2D eigenvalue weighted by molar-refractivity contribution is 7.15. The molecule has 0 radical (unpaired) electrons. The Labute approximate surface area is 193 Å². The van der Waals surface area contributed by atoms with Crippen LogP contribution < -0.4 is 10.6 Å². The molecule has 0 saturated carbocycles. The second-order valence-electron chi connectivity index (χ2n) is 8.36. The monoisotopic (exact) mass is 466 g/mol. The third kappa shape index (κ3) is 8.31. The largest absolute Gasteiger partial charge is 0.481 e. The highest BCUT2D eigenvalue weighted by Gasteiger charge is 2.27. The van der Waals surface area contributed by atoms with E-state index in [1.54, 1.807) is 0 Å². The molecule has 0 unspecified atom stereocenters. The number of carbonyl (C=O) groups is 4. The predicted octanol–water partition coefficient (Wildman–Crippen LogP) is 2.39. The van der Waals surface area contributed by atoms with Gasteiger partial charge >= 0.3 is 5.97 Å². The maximum Gasteiger partial charge on any atom is 0.303 e. The van der Waals surface area contributed by atoms with Crippen LogP contribution in [0.15, 0.2) is 0 Å². The number of Topliss-reactive ketones (excluding diaryl/α,β-unsaturated/α-hetero) is 1. The number of hydrogen-bond donors (Lipinski definition) is 3. The van der Waals surface area contributed by atoms with Crippen molar-refractivity contribution < 1.29 is 24.3 Å². The Morgan fingerprint density at radius 1 is 1.25 bits per heavy atom. The van der Waals surface area contributed by atoms with E-state index in [0.717, 1.165) is 37.9 Å². The maximum absolute atomic E-state index is 12.8. The van der Waals surface area contributed by atoms with Gasteiger partial charge in [0, 0.05) is 30.2 Å². The molecule has 1 aromatic rings. The number of rotatable bonds is 13. The lowest BCUT2D eigenvalue weighted by Crippen LogP contribution is -2.44. The fourth-order valence-corrected chi connectivity index (χ4v) is 4.88. The second kappa shape index (κ2) is 12.6. The lowest BCUT2D eigenvalue weighted by molar-refractivity contribution is -0.137. The number of carboxylic acid groups (broad SMARTS) is 1. The van der Waals surface area contributed by atoms with E-state index in [1.165, 1.54) is 23.1 Å². The van der Waals surface area contributed by atoms with Crippen molar-refractivity contribution in [2.24, 2.45) is 0 Å². The Hall–Kier alpha value is -2.33. The Morgan fingerprint density at radius 2 is 2.00 bits per heavy atom. The molecular weight excluding hydrogens is 432 g/mol. The van der Waals surface area contributed by atoms with E-state index in [0.29, 0.717) is 11.2 Å². The van der Waals surface area contributed by atoms with Crippen molar-refractivity contribution in [2.45, 2.75) is 83.7 Å². The number of amides is 2. The van der Waals surface area contributed by atoms with Crippen LogP contribution in [-0.4, -0.2) is 64.2 Å². The Morgan fingerprint density at radius 3 is 2.66 bits per heavy atom. The van der Waals surface area contributed by atoms with Crippen LogP contribution in [-0.2, 0) is 32.0 Å². The normalized spacial score (nSPS) is 16.3. The molecule has 0 spiro atoms. The van der Waals surface area contributed by atoms with Gasteiger partial charge in [-0.1, -0.05) is 6.92 Å². The van der Waals surface area contributed by atoms with E-state index in [4.69, 9.17) is 5.11 Å². The van der Waals surface area contributed by atoms with Crippen molar-refractivity contribution in [3.05, 3.63) is 10.6 Å². The van der Waals surface area contributed by atoms with Crippen LogP contribution in [0.3, 0.4) is 0 Å². The zero-order valence-electron chi connectivity index (χ0n) is 19.1. The highest BCUT2D eigenvalue weighted by atomic mass is 32.1. The van der Waals surface area contributed by atoms with Crippen molar-refractivity contribution in [2.75, 3.05) is 18.9 Å². The summed E-state index contributed by atoms with van der Waals surface area (Å²) in [5.74, 6) is -1.87. The van der Waals surface area contributed by atoms with Crippen LogP contribution in [0.2, 0.25) is 0 Å². The lowest BCUT2D eigenvalue weighted by atomic mass is 9.96. The molecule has 2 amide bonds. The number of nitrogens with one attached hydrogen (secondary N) is 2. The van der Waals surface area contributed by atoms with Crippen molar-refractivity contribution in [1.29, 1.82) is 0 Å². The standard InChI is InChI=1S/C22H34N4O5S/c1-4-12-26(3)15-9-11-16-18(13-15)32-22(24-16)25-21(31)17(10-8-14(2)27)23-19(28)6-5-7-20(29)30/h15,17H,4-13H2,1-3H3,(H,23,28)(H,29,30)(H,24,25,31)/t15-,17-/m0/s1. The van der Waals surface area contributed by atoms with Gasteiger partial charge in [-0.05, 0) is 59.0 Å². The summed E-state index contributed by atoms with van der Waals surface area (Å²) in [5.41, 5.74) is 1.02. The molecule has 1 aromatic heterocycles. The number of aromatic nitrogens is 1. The number of aryl methyl sites for hydroxylation is 1. The fraction of sp³-hybridized carbons (Fsp3) is 0.682. The zero-order chi connectivity index (χ0) is 23.7. The average molecular weight is 467 g/mol. The summed E-state index contributed by atoms with van der Waals surface area (Å²) in [4.78, 5) is 55.2. The number of anilines is 1. The summed E-state index contributed by atoms with van der Waals surface area (Å²) >= 11 is 1.47. The van der Waals surface area contributed by atoms with Crippen molar-refractivity contribution in [1.82, 2.24) is 15.2 Å². The van der Waals surface area contributed by atoms with Crippen LogP contribution in [0.4, 0.5) is 5.13 Å². The average Bonchev–Trinajstić information content (AvgIpc) is 3.12. The van der Waals surface area contributed by atoms with Crippen LogP contribution in [0.25, 0.3) is 0 Å². The molecule has 0 saturated heterocycles. The fourth-order valence-electron chi connectivity index (χ4n) is 3.80. The maximum atomic E-state index is 12.8. The van der Waals surface area contributed by atoms with Crippen LogP contribution in [0.5, 0.6) is 0 Å². The van der Waals surface area contributed by atoms with Crippen LogP contribution in [0.1, 0.15) is 69.4 Å². The molecule has 10 heteroatoms. The summed E-state index contributed by atoms with van der Waals surface area (Å²) in [6.45, 7) is 4.65. The number of fused-ring (bicyclic) bond motifs is 1. The van der Waals surface area contributed by atoms with Crippen molar-refractivity contribution in [3.63, 3.8) is 0 Å². The Balaban J connectivity index is 1.99. The first-order valence-corrected chi connectivity index (χ1v) is 12.0. The number of likely N-dealkylation sites (N-methyl/N-ethyl adjacent to an activating group) is 1. The molecule has 0 aliphatic heterocycles. The highest BCUT2D eigenvalue weighted by Crippen LogP contribution is 2.31. The topological polar surface area (TPSA) is 129 Å². The molecule has 1 aliphatic carbocycles. The number of thiazole rings is 1. The number of carbonyl (C=O) groups excluding carboxylic acids is 3. The molecule has 2 rings (SSSR count). The minimum absolute atomic E-state index is 0.00830. The van der Waals surface area contributed by atoms with E-state index in [2.05, 4.69) is 34.5 Å². The molecular formula is C22H34N4O5S. The summed E-state index contributed by atoms with van der Waals surface area (Å²) in [5, 5.41) is 14.7. The Kier molecular flexibility index (Phi) is 10.2. The summed E-state index contributed by atoms with van der Waals surface area (Å²) in [6, 6.07) is -0.402. The van der Waals surface area contributed by atoms with Gasteiger partial charge in [-0.3, -0.25) is 14.4 Å². The van der Waals surface area contributed by atoms with E-state index < -0.39 is 23.8 Å². The van der Waals surface area contributed by atoms with E-state index in [9.17, 15) is 19.2 Å². The molecule has 2 atom stereocenters. The smallest absolute Gasteiger partial charge is 0.303 e. The predicted molar refractivity (Wildman–Crippen MR) is 123 cm³/mol. The van der Waals surface area contributed by atoms with Crippen LogP contribution in [0, 0.1) is 0 Å². The van der Waals surface area contributed by atoms with Gasteiger partial charge in [-0.2, -0.15) is 0 Å². The van der Waals surface area contributed by atoms with Gasteiger partial charge in [-0.15, -0.1) is 11.3 Å². The third-order valence-electron chi connectivity index (χ3n) is 5.57. The van der Waals surface area contributed by atoms with Gasteiger partial charge in [-0.25, -0.2) is 4.98 Å². The number of ketones is 1. The summed E-state index contributed by atoms with van der Waals surface area (Å²) in [7, 11) is 2.14. The number of aliphatic carboxylic acids is 1. The molecule has 9 nitrogen and oxygen atoms in total.